The molecule has 0 aromatic heterocycles. The van der Waals surface area contributed by atoms with Gasteiger partial charge in [0.1, 0.15) is 0 Å². The van der Waals surface area contributed by atoms with E-state index in [1.165, 1.54) is 19.3 Å². The Hall–Kier alpha value is -1.71. The summed E-state index contributed by atoms with van der Waals surface area (Å²) >= 11 is 0. The number of hydrogen-bond acceptors (Lipinski definition) is 3. The maximum Gasteiger partial charge on any atom is 0.251 e. The van der Waals surface area contributed by atoms with Crippen molar-refractivity contribution in [3.63, 3.8) is 0 Å². The number of nitrogens with zero attached hydrogens (tertiary/aromatic N) is 1. The van der Waals surface area contributed by atoms with Crippen LogP contribution in [0.3, 0.4) is 0 Å². The fraction of sp³-hybridized carbons (Fsp3) is 0.562. The lowest BCUT2D eigenvalue weighted by molar-refractivity contribution is 0.0956. The third-order valence-corrected chi connectivity index (χ3v) is 4.07. The first-order valence-corrected chi connectivity index (χ1v) is 7.58. The second kappa shape index (κ2) is 6.64. The highest BCUT2D eigenvalue weighted by Gasteiger charge is 2.21. The zero-order valence-electron chi connectivity index (χ0n) is 12.5. The van der Waals surface area contributed by atoms with Gasteiger partial charge < -0.3 is 16.0 Å². The van der Waals surface area contributed by atoms with Crippen LogP contribution >= 0.6 is 0 Å². The predicted molar refractivity (Wildman–Crippen MR) is 84.1 cm³/mol. The number of carbonyl (C=O) groups is 1. The molecule has 4 heteroatoms. The second-order valence-electron chi connectivity index (χ2n) is 5.50. The molecule has 3 N–H and O–H groups in total. The van der Waals surface area contributed by atoms with Crippen molar-refractivity contribution in [2.24, 2.45) is 5.92 Å². The molecular weight excluding hydrogens is 250 g/mol. The summed E-state index contributed by atoms with van der Waals surface area (Å²) in [7, 11) is 0. The quantitative estimate of drug-likeness (QED) is 0.831. The molecule has 0 radical (unpaired) electrons. The molecule has 1 aliphatic heterocycles. The molecule has 1 atom stereocenters. The zero-order chi connectivity index (χ0) is 14.5. The van der Waals surface area contributed by atoms with Crippen LogP contribution in [0.1, 0.15) is 43.5 Å². The molecule has 0 aliphatic carbocycles. The number of anilines is 2. The molecule has 1 aliphatic rings. The Labute approximate surface area is 121 Å². The Morgan fingerprint density at radius 1 is 1.45 bits per heavy atom. The maximum atomic E-state index is 11.9. The highest BCUT2D eigenvalue weighted by atomic mass is 16.1. The molecule has 0 bridgehead atoms. The SMILES string of the molecule is CCNC(=O)c1ccc(N)c(N2CCCC(CC)C2)c1. The van der Waals surface area contributed by atoms with Crippen molar-refractivity contribution in [3.8, 4) is 0 Å². The molecule has 1 saturated heterocycles. The summed E-state index contributed by atoms with van der Waals surface area (Å²) in [6.45, 7) is 6.87. The first-order valence-electron chi connectivity index (χ1n) is 7.58. The van der Waals surface area contributed by atoms with Crippen LogP contribution in [0.2, 0.25) is 0 Å². The van der Waals surface area contributed by atoms with Gasteiger partial charge in [-0.1, -0.05) is 13.3 Å². The highest BCUT2D eigenvalue weighted by molar-refractivity contribution is 5.96. The number of nitrogen functional groups attached to an aromatic ring is 1. The molecule has 110 valence electrons. The van der Waals surface area contributed by atoms with E-state index in [0.29, 0.717) is 12.1 Å². The number of rotatable bonds is 4. The summed E-state index contributed by atoms with van der Waals surface area (Å²) in [6, 6.07) is 5.57. The van der Waals surface area contributed by atoms with Crippen molar-refractivity contribution >= 4 is 17.3 Å². The van der Waals surface area contributed by atoms with Gasteiger partial charge >= 0.3 is 0 Å². The molecule has 1 aromatic carbocycles. The van der Waals surface area contributed by atoms with E-state index in [-0.39, 0.29) is 5.91 Å². The normalized spacial score (nSPS) is 18.9. The van der Waals surface area contributed by atoms with E-state index < -0.39 is 0 Å². The van der Waals surface area contributed by atoms with Gasteiger partial charge in [-0.2, -0.15) is 0 Å². The largest absolute Gasteiger partial charge is 0.397 e. The monoisotopic (exact) mass is 275 g/mol. The summed E-state index contributed by atoms with van der Waals surface area (Å²) in [5.74, 6) is 0.703. The molecule has 1 fully saturated rings. The number of hydrogen-bond donors (Lipinski definition) is 2. The van der Waals surface area contributed by atoms with Crippen LogP contribution in [-0.4, -0.2) is 25.5 Å². The van der Waals surface area contributed by atoms with Gasteiger partial charge in [-0.15, -0.1) is 0 Å². The van der Waals surface area contributed by atoms with Crippen molar-refractivity contribution in [1.29, 1.82) is 0 Å². The van der Waals surface area contributed by atoms with Crippen LogP contribution < -0.4 is 16.0 Å². The van der Waals surface area contributed by atoms with Crippen LogP contribution in [-0.2, 0) is 0 Å². The Balaban J connectivity index is 2.21. The van der Waals surface area contributed by atoms with Gasteiger partial charge in [0.25, 0.3) is 5.91 Å². The molecule has 1 amide bonds. The minimum atomic E-state index is -0.0298. The van der Waals surface area contributed by atoms with E-state index in [0.717, 1.165) is 30.4 Å². The average Bonchev–Trinajstić information content (AvgIpc) is 2.48. The lowest BCUT2D eigenvalue weighted by Gasteiger charge is -2.35. The van der Waals surface area contributed by atoms with Crippen molar-refractivity contribution in [1.82, 2.24) is 5.32 Å². The summed E-state index contributed by atoms with van der Waals surface area (Å²) in [5.41, 5.74) is 8.56. The average molecular weight is 275 g/mol. The molecule has 1 unspecified atom stereocenters. The molecule has 0 saturated carbocycles. The molecular formula is C16H25N3O. The molecule has 1 heterocycles. The predicted octanol–water partition coefficient (Wildman–Crippen LogP) is 2.64. The Morgan fingerprint density at radius 2 is 2.25 bits per heavy atom. The third kappa shape index (κ3) is 3.24. The van der Waals surface area contributed by atoms with Crippen LogP contribution in [0.4, 0.5) is 11.4 Å². The van der Waals surface area contributed by atoms with Gasteiger partial charge in [0.15, 0.2) is 0 Å². The van der Waals surface area contributed by atoms with Crippen LogP contribution in [0.15, 0.2) is 18.2 Å². The molecule has 0 spiro atoms. The second-order valence-corrected chi connectivity index (χ2v) is 5.50. The van der Waals surface area contributed by atoms with E-state index in [9.17, 15) is 4.79 Å². The summed E-state index contributed by atoms with van der Waals surface area (Å²) < 4.78 is 0. The van der Waals surface area contributed by atoms with Gasteiger partial charge in [0, 0.05) is 25.2 Å². The first kappa shape index (κ1) is 14.7. The molecule has 4 nitrogen and oxygen atoms in total. The van der Waals surface area contributed by atoms with Gasteiger partial charge in [0.2, 0.25) is 0 Å². The van der Waals surface area contributed by atoms with E-state index >= 15 is 0 Å². The Morgan fingerprint density at radius 3 is 2.95 bits per heavy atom. The van der Waals surface area contributed by atoms with Crippen LogP contribution in [0, 0.1) is 5.92 Å². The van der Waals surface area contributed by atoms with Crippen molar-refractivity contribution in [2.75, 3.05) is 30.3 Å². The lowest BCUT2D eigenvalue weighted by atomic mass is 9.95. The summed E-state index contributed by atoms with van der Waals surface area (Å²) in [6.07, 6.45) is 3.69. The third-order valence-electron chi connectivity index (χ3n) is 4.07. The minimum Gasteiger partial charge on any atom is -0.397 e. The fourth-order valence-corrected chi connectivity index (χ4v) is 2.84. The Kier molecular flexibility index (Phi) is 4.88. The van der Waals surface area contributed by atoms with Crippen LogP contribution in [0.25, 0.3) is 0 Å². The summed E-state index contributed by atoms with van der Waals surface area (Å²) in [4.78, 5) is 14.3. The van der Waals surface area contributed by atoms with Crippen molar-refractivity contribution in [3.05, 3.63) is 23.8 Å². The number of nitrogens with two attached hydrogens (primary N) is 1. The first-order chi connectivity index (χ1) is 9.65. The smallest absolute Gasteiger partial charge is 0.251 e. The Bertz CT molecular complexity index is 473. The van der Waals surface area contributed by atoms with Crippen molar-refractivity contribution < 1.29 is 4.79 Å². The van der Waals surface area contributed by atoms with E-state index in [4.69, 9.17) is 5.73 Å². The fourth-order valence-electron chi connectivity index (χ4n) is 2.84. The van der Waals surface area contributed by atoms with E-state index in [2.05, 4.69) is 17.1 Å². The van der Waals surface area contributed by atoms with Gasteiger partial charge in [0.05, 0.1) is 11.4 Å². The minimum absolute atomic E-state index is 0.0298. The van der Waals surface area contributed by atoms with Gasteiger partial charge in [-0.25, -0.2) is 0 Å². The maximum absolute atomic E-state index is 11.9. The van der Waals surface area contributed by atoms with Gasteiger partial charge in [-0.3, -0.25) is 4.79 Å². The zero-order valence-corrected chi connectivity index (χ0v) is 12.5. The van der Waals surface area contributed by atoms with Crippen LogP contribution in [0.5, 0.6) is 0 Å². The number of carbonyl (C=O) groups excluding carboxylic acids is 1. The topological polar surface area (TPSA) is 58.4 Å². The number of nitrogens with one attached hydrogen (secondary N) is 1. The van der Waals surface area contributed by atoms with E-state index in [1.807, 2.05) is 19.1 Å². The molecule has 1 aromatic rings. The summed E-state index contributed by atoms with van der Waals surface area (Å²) in [5, 5.41) is 2.83. The van der Waals surface area contributed by atoms with Crippen molar-refractivity contribution in [2.45, 2.75) is 33.1 Å². The number of benzene rings is 1. The molecule has 20 heavy (non-hydrogen) atoms. The lowest BCUT2D eigenvalue weighted by Crippen LogP contribution is -2.35. The standard InChI is InChI=1S/C16H25N3O/c1-3-12-6-5-9-19(11-12)15-10-13(7-8-14(15)17)16(20)18-4-2/h7-8,10,12H,3-6,9,11,17H2,1-2H3,(H,18,20). The number of amides is 1. The van der Waals surface area contributed by atoms with Gasteiger partial charge in [-0.05, 0) is 43.9 Å². The van der Waals surface area contributed by atoms with E-state index in [1.54, 1.807) is 6.07 Å². The number of piperidine rings is 1. The molecule has 2 rings (SSSR count). The highest BCUT2D eigenvalue weighted by Crippen LogP contribution is 2.30.